The second-order valence-corrected chi connectivity index (χ2v) is 4.88. The number of urea groups is 1. The second-order valence-electron chi connectivity index (χ2n) is 4.88. The number of likely N-dealkylation sites (N-methyl/N-ethyl adjacent to an activating group) is 1. The smallest absolute Gasteiger partial charge is 0.337 e. The minimum Gasteiger partial charge on any atom is -0.478 e. The number of hydrogen-bond donors (Lipinski definition) is 3. The Kier molecular flexibility index (Phi) is 5.60. The largest absolute Gasteiger partial charge is 0.478 e. The van der Waals surface area contributed by atoms with E-state index in [4.69, 9.17) is 5.11 Å². The Bertz CT molecular complexity index is 550. The van der Waals surface area contributed by atoms with Gasteiger partial charge in [-0.15, -0.1) is 0 Å². The number of nitrogens with one attached hydrogen (secondary N) is 2. The number of hydrogen-bond acceptors (Lipinski definition) is 3. The normalized spacial score (nSPS) is 12.1. The Labute approximate surface area is 120 Å². The topological polar surface area (TPSA) is 81.7 Å². The molecule has 0 aliphatic heterocycles. The fraction of sp³-hybridized carbons (Fsp3) is 0.385. The van der Waals surface area contributed by atoms with Crippen molar-refractivity contribution in [3.05, 3.63) is 29.3 Å². The van der Waals surface area contributed by atoms with Crippen LogP contribution in [0.3, 0.4) is 0 Å². The van der Waals surface area contributed by atoms with E-state index < -0.39 is 29.2 Å². The molecule has 0 spiro atoms. The van der Waals surface area contributed by atoms with Gasteiger partial charge in [0, 0.05) is 18.7 Å². The van der Waals surface area contributed by atoms with Crippen molar-refractivity contribution in [1.29, 1.82) is 0 Å². The van der Waals surface area contributed by atoms with Crippen LogP contribution in [-0.2, 0) is 0 Å². The van der Waals surface area contributed by atoms with Gasteiger partial charge in [0.25, 0.3) is 0 Å². The molecular formula is C13H17F2N3O3. The van der Waals surface area contributed by atoms with Gasteiger partial charge in [-0.1, -0.05) is 0 Å². The number of anilines is 1. The Morgan fingerprint density at radius 1 is 1.29 bits per heavy atom. The van der Waals surface area contributed by atoms with Crippen molar-refractivity contribution in [1.82, 2.24) is 10.2 Å². The number of carboxylic acids is 1. The van der Waals surface area contributed by atoms with Crippen LogP contribution >= 0.6 is 0 Å². The van der Waals surface area contributed by atoms with Gasteiger partial charge in [-0.25, -0.2) is 18.4 Å². The number of nitrogens with zero attached hydrogens (tertiary/aromatic N) is 1. The number of benzene rings is 1. The standard InChI is InChI=1S/C13H17F2N3O3/c1-7(6-18(2)3)16-13(21)17-11-5-10(15)9(14)4-8(11)12(19)20/h4-5,7H,6H2,1-3H3,(H,19,20)(H2,16,17,21). The van der Waals surface area contributed by atoms with Crippen LogP contribution in [0.5, 0.6) is 0 Å². The van der Waals surface area contributed by atoms with E-state index in [1.165, 1.54) is 0 Å². The third kappa shape index (κ3) is 4.99. The molecule has 0 saturated carbocycles. The molecule has 6 nitrogen and oxygen atoms in total. The van der Waals surface area contributed by atoms with Gasteiger partial charge in [0.1, 0.15) is 0 Å². The summed E-state index contributed by atoms with van der Waals surface area (Å²) in [4.78, 5) is 24.5. The van der Waals surface area contributed by atoms with Crippen LogP contribution in [0.1, 0.15) is 17.3 Å². The van der Waals surface area contributed by atoms with Gasteiger partial charge in [0.15, 0.2) is 11.6 Å². The van der Waals surface area contributed by atoms with Crippen LogP contribution in [0.15, 0.2) is 12.1 Å². The molecule has 0 saturated heterocycles. The van der Waals surface area contributed by atoms with E-state index in [2.05, 4.69) is 10.6 Å². The van der Waals surface area contributed by atoms with E-state index in [0.717, 1.165) is 0 Å². The summed E-state index contributed by atoms with van der Waals surface area (Å²) < 4.78 is 26.2. The molecule has 0 bridgehead atoms. The highest BCUT2D eigenvalue weighted by Crippen LogP contribution is 2.20. The summed E-state index contributed by atoms with van der Waals surface area (Å²) in [5, 5.41) is 13.7. The van der Waals surface area contributed by atoms with Crippen molar-refractivity contribution in [3.63, 3.8) is 0 Å². The first-order valence-corrected chi connectivity index (χ1v) is 6.15. The maximum atomic E-state index is 13.2. The van der Waals surface area contributed by atoms with Crippen LogP contribution < -0.4 is 10.6 Å². The highest BCUT2D eigenvalue weighted by Gasteiger charge is 2.17. The minimum absolute atomic E-state index is 0.210. The summed E-state index contributed by atoms with van der Waals surface area (Å²) in [7, 11) is 3.65. The molecular weight excluding hydrogens is 284 g/mol. The summed E-state index contributed by atoms with van der Waals surface area (Å²) in [5.74, 6) is -4.00. The molecule has 0 radical (unpaired) electrons. The average Bonchev–Trinajstić information content (AvgIpc) is 2.31. The Hall–Kier alpha value is -2.22. The van der Waals surface area contributed by atoms with Gasteiger partial charge >= 0.3 is 12.0 Å². The predicted octanol–water partition coefficient (Wildman–Crippen LogP) is 1.73. The lowest BCUT2D eigenvalue weighted by Crippen LogP contribution is -2.41. The van der Waals surface area contributed by atoms with Crippen molar-refractivity contribution < 1.29 is 23.5 Å². The maximum Gasteiger partial charge on any atom is 0.337 e. The fourth-order valence-electron chi connectivity index (χ4n) is 1.80. The van der Waals surface area contributed by atoms with E-state index in [1.807, 2.05) is 19.0 Å². The zero-order valence-electron chi connectivity index (χ0n) is 11.9. The number of carboxylic acid groups (broad SMARTS) is 1. The first-order valence-electron chi connectivity index (χ1n) is 6.15. The molecule has 1 rings (SSSR count). The van der Waals surface area contributed by atoms with Gasteiger partial charge in [-0.2, -0.15) is 0 Å². The highest BCUT2D eigenvalue weighted by atomic mass is 19.2. The molecule has 0 heterocycles. The Morgan fingerprint density at radius 3 is 2.38 bits per heavy atom. The number of amides is 2. The summed E-state index contributed by atoms with van der Waals surface area (Å²) in [6.07, 6.45) is 0. The van der Waals surface area contributed by atoms with Crippen molar-refractivity contribution in [2.75, 3.05) is 26.0 Å². The molecule has 0 aliphatic rings. The molecule has 0 fully saturated rings. The lowest BCUT2D eigenvalue weighted by Gasteiger charge is -2.19. The van der Waals surface area contributed by atoms with E-state index in [9.17, 15) is 18.4 Å². The lowest BCUT2D eigenvalue weighted by molar-refractivity contribution is 0.0697. The summed E-state index contributed by atoms with van der Waals surface area (Å²) >= 11 is 0. The molecule has 8 heteroatoms. The van der Waals surface area contributed by atoms with Crippen LogP contribution in [0.2, 0.25) is 0 Å². The lowest BCUT2D eigenvalue weighted by atomic mass is 10.1. The number of aromatic carboxylic acids is 1. The van der Waals surface area contributed by atoms with E-state index >= 15 is 0 Å². The summed E-state index contributed by atoms with van der Waals surface area (Å²) in [6.45, 7) is 2.32. The van der Waals surface area contributed by atoms with Crippen LogP contribution in [0, 0.1) is 11.6 Å². The number of halogens is 2. The molecule has 116 valence electrons. The molecule has 2 amide bonds. The third-order valence-corrected chi connectivity index (χ3v) is 2.56. The molecule has 1 aromatic carbocycles. The van der Waals surface area contributed by atoms with Gasteiger partial charge < -0.3 is 20.6 Å². The van der Waals surface area contributed by atoms with Crippen molar-refractivity contribution >= 4 is 17.7 Å². The molecule has 1 atom stereocenters. The first-order chi connectivity index (χ1) is 9.70. The van der Waals surface area contributed by atoms with Crippen molar-refractivity contribution in [2.45, 2.75) is 13.0 Å². The Morgan fingerprint density at radius 2 is 1.86 bits per heavy atom. The van der Waals surface area contributed by atoms with Gasteiger partial charge in [-0.3, -0.25) is 0 Å². The van der Waals surface area contributed by atoms with Crippen LogP contribution in [-0.4, -0.2) is 48.7 Å². The second kappa shape index (κ2) is 6.98. The van der Waals surface area contributed by atoms with Gasteiger partial charge in [-0.05, 0) is 27.1 Å². The average molecular weight is 301 g/mol. The summed E-state index contributed by atoms with van der Waals surface area (Å²) in [6, 6.07) is 0.252. The van der Waals surface area contributed by atoms with Gasteiger partial charge in [0.2, 0.25) is 0 Å². The molecule has 0 aliphatic carbocycles. The number of carbonyl (C=O) groups is 2. The van der Waals surface area contributed by atoms with Crippen molar-refractivity contribution in [2.24, 2.45) is 0 Å². The molecule has 3 N–H and O–H groups in total. The molecule has 21 heavy (non-hydrogen) atoms. The quantitative estimate of drug-likeness (QED) is 0.773. The highest BCUT2D eigenvalue weighted by molar-refractivity contribution is 6.00. The monoisotopic (exact) mass is 301 g/mol. The molecule has 1 unspecified atom stereocenters. The Balaban J connectivity index is 2.85. The first kappa shape index (κ1) is 16.8. The third-order valence-electron chi connectivity index (χ3n) is 2.56. The molecule has 1 aromatic rings. The summed E-state index contributed by atoms with van der Waals surface area (Å²) in [5.41, 5.74) is -0.833. The van der Waals surface area contributed by atoms with Crippen molar-refractivity contribution in [3.8, 4) is 0 Å². The zero-order chi connectivity index (χ0) is 16.2. The fourth-order valence-corrected chi connectivity index (χ4v) is 1.80. The van der Waals surface area contributed by atoms with E-state index in [-0.39, 0.29) is 11.7 Å². The van der Waals surface area contributed by atoms with Crippen LogP contribution in [0.4, 0.5) is 19.3 Å². The molecule has 0 aromatic heterocycles. The SMILES string of the molecule is CC(CN(C)C)NC(=O)Nc1cc(F)c(F)cc1C(=O)O. The number of carbonyl (C=O) groups excluding carboxylic acids is 1. The minimum atomic E-state index is -1.47. The van der Waals surface area contributed by atoms with Gasteiger partial charge in [0.05, 0.1) is 11.3 Å². The zero-order valence-corrected chi connectivity index (χ0v) is 11.9. The van der Waals surface area contributed by atoms with Crippen LogP contribution in [0.25, 0.3) is 0 Å². The van der Waals surface area contributed by atoms with E-state index in [1.54, 1.807) is 6.92 Å². The number of rotatable bonds is 5. The van der Waals surface area contributed by atoms with E-state index in [0.29, 0.717) is 18.7 Å². The predicted molar refractivity (Wildman–Crippen MR) is 73.5 cm³/mol. The maximum absolute atomic E-state index is 13.2.